The first kappa shape index (κ1) is 121. The van der Waals surface area contributed by atoms with Gasteiger partial charge in [-0.15, -0.1) is 0 Å². The maximum atomic E-state index is 13.0. The van der Waals surface area contributed by atoms with Crippen molar-refractivity contribution in [1.82, 2.24) is 0 Å². The predicted octanol–water partition coefficient (Wildman–Crippen LogP) is 18.0. The number of alkyl halides is 68. The molecule has 0 atom stereocenters. The van der Waals surface area contributed by atoms with Gasteiger partial charge in [-0.25, -0.2) is 33.7 Å². The van der Waals surface area contributed by atoms with Crippen LogP contribution in [0.15, 0.2) is 0 Å². The minimum Gasteiger partial charge on any atom is -0.743 e. The fraction of sp³-hybridized carbons (Fsp3) is 1.00. The molecule has 0 saturated carbocycles. The van der Waals surface area contributed by atoms with Gasteiger partial charge in [-0.2, -0.15) is 299 Å². The van der Waals surface area contributed by atoms with Crippen molar-refractivity contribution in [3.05, 3.63) is 0 Å². The van der Waals surface area contributed by atoms with E-state index in [1.807, 2.05) is 0 Å². The normalized spacial score (nSPS) is 16.8. The van der Waals surface area contributed by atoms with E-state index in [4.69, 9.17) is 0 Å². The molecule has 0 radical (unpaired) electrons. The summed E-state index contributed by atoms with van der Waals surface area (Å²) in [7, 11) is -32.6. The van der Waals surface area contributed by atoms with Crippen LogP contribution in [-0.4, -0.2) is 240 Å². The van der Waals surface area contributed by atoms with E-state index in [2.05, 4.69) is 0 Å². The minimum absolute atomic E-state index is 0. The van der Waals surface area contributed by atoms with Gasteiger partial charge in [0.05, 0.1) is 0 Å². The van der Waals surface area contributed by atoms with Crippen molar-refractivity contribution in [2.24, 2.45) is 0 Å². The Labute approximate surface area is 604 Å². The average Bonchev–Trinajstić information content (AvgIpc) is 0.703. The Balaban J connectivity index is -0.000000475. The second kappa shape index (κ2) is 30.6. The standard InChI is InChI=1S/4C8HF17O3S.Hf/c4*9-1(10,3(13,14)5(17,18)7(21,22)23)2(11,12)4(15,16)6(19,20)8(24,25)29(26,27)28;/h4*(H,26,27,28);/q;;;;+4/p-4. The van der Waals surface area contributed by atoms with E-state index in [1.54, 1.807) is 0 Å². The summed E-state index contributed by atoms with van der Waals surface area (Å²) in [4.78, 5) is 0. The van der Waals surface area contributed by atoms with E-state index >= 15 is 0 Å². The van der Waals surface area contributed by atoms with Gasteiger partial charge in [0, 0.05) is 0 Å². The van der Waals surface area contributed by atoms with Crippen molar-refractivity contribution < 1.29 is 376 Å². The van der Waals surface area contributed by atoms with Crippen LogP contribution in [0.4, 0.5) is 299 Å². The molecule has 0 amide bonds. The summed E-state index contributed by atoms with van der Waals surface area (Å²) in [5, 5.41) is -31.8. The summed E-state index contributed by atoms with van der Waals surface area (Å²) in [5.74, 6) is -209. The van der Waals surface area contributed by atoms with E-state index in [-0.39, 0.29) is 25.8 Å². The Bertz CT molecular complexity index is 3440. The first-order valence-electron chi connectivity index (χ1n) is 22.7. The monoisotopic (exact) mass is 2180 g/mol. The topological polar surface area (TPSA) is 229 Å². The molecule has 0 N–H and O–H groups in total. The second-order valence-corrected chi connectivity index (χ2v) is 25.3. The molecule has 0 aliphatic carbocycles. The largest absolute Gasteiger partial charge is 4.00 e. The summed E-state index contributed by atoms with van der Waals surface area (Å²) >= 11 is 0. The minimum atomic E-state index is -8.92. The molecule has 0 aromatic carbocycles. The van der Waals surface area contributed by atoms with Gasteiger partial charge in [0.1, 0.15) is 0 Å². The van der Waals surface area contributed by atoms with Crippen LogP contribution in [0.3, 0.4) is 0 Å². The van der Waals surface area contributed by atoms with Gasteiger partial charge in [-0.3, -0.25) is 0 Å². The fourth-order valence-electron chi connectivity index (χ4n) is 5.23. The SMILES string of the molecule is O=S(=O)([O-])C(F)(F)C(F)(F)C(F)(F)C(F)(F)C(F)(F)C(F)(F)C(F)(F)C(F)(F)F.O=S(=O)([O-])C(F)(F)C(F)(F)C(F)(F)C(F)(F)C(F)(F)C(F)(F)C(F)(F)C(F)(F)F.O=S(=O)([O-])C(F)(F)C(F)(F)C(F)(F)C(F)(F)C(F)(F)C(F)(F)C(F)(F)C(F)(F)F.O=S(=O)([O-])C(F)(F)C(F)(F)C(F)(F)C(F)(F)C(F)(F)C(F)(F)C(F)(F)C(F)(F)F.[Hf+4]. The number of rotatable bonds is 28. The molecule has 12 nitrogen and oxygen atoms in total. The van der Waals surface area contributed by atoms with Crippen LogP contribution in [0, 0.1) is 0 Å². The quantitative estimate of drug-likeness (QED) is 0.0405. The van der Waals surface area contributed by atoms with Gasteiger partial charge in [0.2, 0.25) is 0 Å². The molecule has 0 aliphatic rings. The third kappa shape index (κ3) is 16.7. The van der Waals surface area contributed by atoms with Gasteiger partial charge in [0.25, 0.3) is 0 Å². The van der Waals surface area contributed by atoms with Gasteiger partial charge in [-0.05, 0) is 0 Å². The van der Waals surface area contributed by atoms with E-state index in [0.29, 0.717) is 0 Å². The maximum Gasteiger partial charge on any atom is 4.00 e. The van der Waals surface area contributed by atoms with Crippen LogP contribution in [-0.2, 0) is 66.3 Å². The molecule has 85 heteroatoms. The average molecular weight is 2170 g/mol. The summed E-state index contributed by atoms with van der Waals surface area (Å²) in [6, 6.07) is 0. The van der Waals surface area contributed by atoms with Crippen LogP contribution in [0.25, 0.3) is 0 Å². The van der Waals surface area contributed by atoms with Crippen molar-refractivity contribution in [3.63, 3.8) is 0 Å². The second-order valence-electron chi connectivity index (χ2n) is 19.7. The van der Waals surface area contributed by atoms with Crippen LogP contribution >= 0.6 is 0 Å². The summed E-state index contributed by atoms with van der Waals surface area (Å²) in [5.41, 5.74) is 0. The molecule has 0 bridgehead atoms. The zero-order chi connectivity index (χ0) is 98.0. The molecule has 704 valence electrons. The van der Waals surface area contributed by atoms with Gasteiger partial charge in [0.15, 0.2) is 40.5 Å². The molecule has 0 unspecified atom stereocenters. The first-order chi connectivity index (χ1) is 48.0. The van der Waals surface area contributed by atoms with Gasteiger partial charge < -0.3 is 18.2 Å². The summed E-state index contributed by atoms with van der Waals surface area (Å²) < 4.78 is 976. The number of halogens is 68. The van der Waals surface area contributed by atoms with Crippen molar-refractivity contribution >= 4 is 40.5 Å². The van der Waals surface area contributed by atoms with E-state index in [9.17, 15) is 350 Å². The van der Waals surface area contributed by atoms with E-state index in [0.717, 1.165) is 0 Å². The van der Waals surface area contributed by atoms with E-state index < -0.39 is 228 Å². The Hall–Kier alpha value is -4.25. The smallest absolute Gasteiger partial charge is 0.743 e. The Morgan fingerprint density at radius 1 is 0.111 bits per heavy atom. The van der Waals surface area contributed by atoms with Crippen LogP contribution in [0.1, 0.15) is 0 Å². The summed E-state index contributed by atoms with van der Waals surface area (Å²) in [6.45, 7) is 0. The molecular weight excluding hydrogens is 2170 g/mol. The van der Waals surface area contributed by atoms with Crippen molar-refractivity contribution in [2.75, 3.05) is 0 Å². The zero-order valence-corrected chi connectivity index (χ0v) is 55.6. The molecule has 0 aliphatic heterocycles. The summed E-state index contributed by atoms with van der Waals surface area (Å²) in [6.07, 6.45) is -31.6. The molecule has 0 aromatic rings. The molecule has 117 heavy (non-hydrogen) atoms. The van der Waals surface area contributed by atoms with E-state index in [1.165, 1.54) is 0 Å². The molecule has 0 rings (SSSR count). The van der Waals surface area contributed by atoms with Crippen molar-refractivity contribution in [3.8, 4) is 0 Å². The van der Waals surface area contributed by atoms with Gasteiger partial charge >= 0.3 is 214 Å². The van der Waals surface area contributed by atoms with Crippen LogP contribution in [0.5, 0.6) is 0 Å². The fourth-order valence-corrected chi connectivity index (χ4v) is 6.99. The molecule has 0 spiro atoms. The third-order valence-electron chi connectivity index (χ3n) is 12.0. The molecule has 0 aromatic heterocycles. The Kier molecular flexibility index (Phi) is 31.7. The molecule has 0 fully saturated rings. The van der Waals surface area contributed by atoms with Gasteiger partial charge in [-0.1, -0.05) is 0 Å². The predicted molar refractivity (Wildman–Crippen MR) is 202 cm³/mol. The number of hydrogen-bond acceptors (Lipinski definition) is 12. The molecular formula is C32F68HfO12S4. The van der Waals surface area contributed by atoms with Crippen molar-refractivity contribution in [2.45, 2.75) is 188 Å². The molecule has 0 saturated heterocycles. The van der Waals surface area contributed by atoms with Crippen molar-refractivity contribution in [1.29, 1.82) is 0 Å². The Morgan fingerprint density at radius 3 is 0.214 bits per heavy atom. The van der Waals surface area contributed by atoms with Crippen LogP contribution in [0.2, 0.25) is 0 Å². The first-order valence-corrected chi connectivity index (χ1v) is 28.3. The zero-order valence-electron chi connectivity index (χ0n) is 48.7. The van der Waals surface area contributed by atoms with Crippen LogP contribution < -0.4 is 0 Å². The number of hydrogen-bond donors (Lipinski definition) is 0. The molecule has 0 heterocycles. The third-order valence-corrected chi connectivity index (χ3v) is 15.6. The Morgan fingerprint density at radius 2 is 0.162 bits per heavy atom. The maximum absolute atomic E-state index is 13.0.